The largest absolute Gasteiger partial charge is 0.309 e. The van der Waals surface area contributed by atoms with E-state index in [1.807, 2.05) is 0 Å². The van der Waals surface area contributed by atoms with Gasteiger partial charge in [0.1, 0.15) is 0 Å². The number of para-hydroxylation sites is 7. The molecule has 0 aliphatic rings. The van der Waals surface area contributed by atoms with Crippen molar-refractivity contribution >= 4 is 120 Å². The van der Waals surface area contributed by atoms with Crippen molar-refractivity contribution < 1.29 is 0 Å². The third-order valence-electron chi connectivity index (χ3n) is 21.8. The Morgan fingerprint density at radius 1 is 0.179 bits per heavy atom. The second-order valence-electron chi connectivity index (χ2n) is 27.7. The van der Waals surface area contributed by atoms with Gasteiger partial charge in [-0.1, -0.05) is 267 Å². The van der Waals surface area contributed by atoms with E-state index in [-0.39, 0.29) is 0 Å². The van der Waals surface area contributed by atoms with Gasteiger partial charge in [0.05, 0.1) is 66.6 Å². The fourth-order valence-corrected chi connectivity index (χ4v) is 17.0. The predicted molar refractivity (Wildman–Crippen MR) is 440 cm³/mol. The number of fused-ring (bicyclic) bond motifs is 15. The minimum absolute atomic E-state index is 0.622. The van der Waals surface area contributed by atoms with E-state index in [1.165, 1.54) is 38.1 Å². The monoisotopic (exact) mass is 1350 g/mol. The van der Waals surface area contributed by atoms with Crippen molar-refractivity contribution in [3.8, 4) is 90.3 Å². The van der Waals surface area contributed by atoms with Crippen LogP contribution in [0.15, 0.2) is 364 Å². The lowest BCUT2D eigenvalue weighted by atomic mass is 9.97. The first kappa shape index (κ1) is 59.4. The number of nitrogens with zero attached hydrogens (tertiary/aromatic N) is 8. The van der Waals surface area contributed by atoms with Gasteiger partial charge in [-0.3, -0.25) is 9.13 Å². The molecule has 0 saturated carbocycles. The van der Waals surface area contributed by atoms with Gasteiger partial charge in [0.25, 0.3) is 0 Å². The number of rotatable bonds is 10. The summed E-state index contributed by atoms with van der Waals surface area (Å²) in [6, 6.07) is 131. The van der Waals surface area contributed by atoms with E-state index in [4.69, 9.17) is 19.9 Å². The summed E-state index contributed by atoms with van der Waals surface area (Å²) >= 11 is 0. The van der Waals surface area contributed by atoms with Crippen LogP contribution in [0.3, 0.4) is 0 Å². The van der Waals surface area contributed by atoms with E-state index in [2.05, 4.69) is 382 Å². The van der Waals surface area contributed by atoms with Gasteiger partial charge in [-0.25, -0.2) is 19.9 Å². The van der Waals surface area contributed by atoms with Gasteiger partial charge in [-0.05, 0) is 152 Å². The number of hydrogen-bond acceptors (Lipinski definition) is 4. The van der Waals surface area contributed by atoms with Crippen LogP contribution >= 0.6 is 0 Å². The topological polar surface area (TPSA) is 71.3 Å². The van der Waals surface area contributed by atoms with Crippen LogP contribution < -0.4 is 0 Å². The van der Waals surface area contributed by atoms with Crippen molar-refractivity contribution in [3.63, 3.8) is 0 Å². The quantitative estimate of drug-likeness (QED) is 0.137. The Bertz CT molecular complexity index is 7370. The standard InChI is InChI=1S/C98H60N8/c1-4-22-61(23-5-1)62-42-44-63(45-43-62)95-79-29-10-15-35-83(79)99-97(101-95)105-86-38-18-13-31-81(86)94-74(34-21-40-88(94)105)69-52-55-78-77-53-50-67(58-90(77)104(92(78)60-69)72-26-8-3-9-27-72)65-46-47-66-57-70(49-48-64(66)56-65)96-80-30-11-16-36-84(80)100-98(102-96)106-87-39-19-14-32-82(87)93-73(33-20-41-89(93)106)68-51-54-76-75-28-12-17-37-85(75)103(91(76)59-68)71-24-6-2-7-25-71/h1-60H. The molecule has 8 nitrogen and oxygen atoms in total. The summed E-state index contributed by atoms with van der Waals surface area (Å²) in [4.78, 5) is 21.8. The highest BCUT2D eigenvalue weighted by Gasteiger charge is 2.25. The van der Waals surface area contributed by atoms with Crippen molar-refractivity contribution in [2.45, 2.75) is 0 Å². The van der Waals surface area contributed by atoms with Gasteiger partial charge in [0, 0.05) is 76.4 Å². The summed E-state index contributed by atoms with van der Waals surface area (Å²) in [5.74, 6) is 1.25. The zero-order chi connectivity index (χ0) is 69.5. The zero-order valence-corrected chi connectivity index (χ0v) is 57.2. The maximum atomic E-state index is 5.61. The van der Waals surface area contributed by atoms with E-state index >= 15 is 0 Å². The van der Waals surface area contributed by atoms with Crippen molar-refractivity contribution in [2.24, 2.45) is 0 Å². The summed E-state index contributed by atoms with van der Waals surface area (Å²) in [7, 11) is 0. The zero-order valence-electron chi connectivity index (χ0n) is 57.2. The van der Waals surface area contributed by atoms with E-state index in [0.29, 0.717) is 11.9 Å². The second kappa shape index (κ2) is 23.6. The maximum Gasteiger partial charge on any atom is 0.235 e. The molecule has 22 aromatic rings. The molecule has 0 radical (unpaired) electrons. The van der Waals surface area contributed by atoms with Crippen LogP contribution in [0.5, 0.6) is 0 Å². The van der Waals surface area contributed by atoms with Crippen LogP contribution in [-0.2, 0) is 0 Å². The number of hydrogen-bond donors (Lipinski definition) is 0. The van der Waals surface area contributed by atoms with Gasteiger partial charge >= 0.3 is 0 Å². The molecule has 0 fully saturated rings. The van der Waals surface area contributed by atoms with E-state index in [1.54, 1.807) is 0 Å². The van der Waals surface area contributed by atoms with Crippen LogP contribution in [0, 0.1) is 0 Å². The Balaban J connectivity index is 0.632. The van der Waals surface area contributed by atoms with E-state index in [9.17, 15) is 0 Å². The van der Waals surface area contributed by atoms with Crippen LogP contribution in [0.1, 0.15) is 0 Å². The molecule has 6 heterocycles. The first-order chi connectivity index (χ1) is 52.6. The first-order valence-corrected chi connectivity index (χ1v) is 36.1. The highest BCUT2D eigenvalue weighted by atomic mass is 15.2. The van der Waals surface area contributed by atoms with Gasteiger partial charge in [0.2, 0.25) is 11.9 Å². The molecule has 6 aromatic heterocycles. The lowest BCUT2D eigenvalue weighted by Crippen LogP contribution is -2.03. The van der Waals surface area contributed by atoms with Crippen LogP contribution in [-0.4, -0.2) is 38.2 Å². The van der Waals surface area contributed by atoms with Crippen molar-refractivity contribution in [1.29, 1.82) is 0 Å². The Morgan fingerprint density at radius 3 is 1.05 bits per heavy atom. The lowest BCUT2D eigenvalue weighted by Gasteiger charge is -2.13. The molecule has 0 saturated heterocycles. The van der Waals surface area contributed by atoms with Gasteiger partial charge in [-0.2, -0.15) is 0 Å². The minimum Gasteiger partial charge on any atom is -0.309 e. The Hall–Kier alpha value is -14.3. The van der Waals surface area contributed by atoms with Crippen LogP contribution in [0.2, 0.25) is 0 Å². The molecule has 0 atom stereocenters. The minimum atomic E-state index is 0.622. The third kappa shape index (κ3) is 9.27. The molecular formula is C98H60N8. The molecule has 16 aromatic carbocycles. The fourth-order valence-electron chi connectivity index (χ4n) is 17.0. The molecule has 0 bridgehead atoms. The molecule has 0 spiro atoms. The fraction of sp³-hybridized carbons (Fsp3) is 0. The van der Waals surface area contributed by atoms with E-state index in [0.717, 1.165) is 160 Å². The Kier molecular flexibility index (Phi) is 13.2. The smallest absolute Gasteiger partial charge is 0.235 e. The molecule has 0 amide bonds. The summed E-state index contributed by atoms with van der Waals surface area (Å²) in [5, 5.41) is 13.7. The van der Waals surface area contributed by atoms with Crippen molar-refractivity contribution in [3.05, 3.63) is 364 Å². The van der Waals surface area contributed by atoms with Crippen LogP contribution in [0.25, 0.3) is 210 Å². The first-order valence-electron chi connectivity index (χ1n) is 36.1. The highest BCUT2D eigenvalue weighted by molar-refractivity contribution is 6.19. The molecular weight excluding hydrogens is 1290 g/mol. The molecule has 0 unspecified atom stereocenters. The Labute approximate surface area is 608 Å². The Morgan fingerprint density at radius 2 is 0.519 bits per heavy atom. The van der Waals surface area contributed by atoms with Crippen molar-refractivity contribution in [1.82, 2.24) is 38.2 Å². The maximum absolute atomic E-state index is 5.61. The molecule has 22 rings (SSSR count). The average Bonchev–Trinajstić information content (AvgIpc) is 1.48. The molecule has 0 aliphatic carbocycles. The normalized spacial score (nSPS) is 12.0. The molecule has 8 heteroatoms. The van der Waals surface area contributed by atoms with Crippen molar-refractivity contribution in [2.75, 3.05) is 0 Å². The average molecular weight is 1350 g/mol. The summed E-state index contributed by atoms with van der Waals surface area (Å²) in [5.41, 5.74) is 25.8. The highest BCUT2D eigenvalue weighted by Crippen LogP contribution is 2.46. The SMILES string of the molecule is c1ccc(-c2ccc(-c3nc(-n4c5ccccc5c5c(-c6ccc7c8ccc(-c9ccc%10cc(-c%11nc(-n%12c%13ccccc%13c%13c(-c%14ccc%15c%16ccccc%16n(-c%16ccccc%16)c%15c%14)cccc%13%12)nc%12ccccc%11%12)ccc%10c9)cc8n(-c8ccccc8)c7c6)cccc54)nc4ccccc34)cc2)cc1. The molecule has 0 N–H and O–H groups in total. The van der Waals surface area contributed by atoms with E-state index < -0.39 is 0 Å². The van der Waals surface area contributed by atoms with Gasteiger partial charge < -0.3 is 9.13 Å². The summed E-state index contributed by atoms with van der Waals surface area (Å²) in [6.07, 6.45) is 0. The van der Waals surface area contributed by atoms with Gasteiger partial charge in [-0.15, -0.1) is 0 Å². The molecule has 492 valence electrons. The lowest BCUT2D eigenvalue weighted by molar-refractivity contribution is 1.01. The summed E-state index contributed by atoms with van der Waals surface area (Å²) in [6.45, 7) is 0. The third-order valence-corrected chi connectivity index (χ3v) is 21.8. The van der Waals surface area contributed by atoms with Gasteiger partial charge in [0.15, 0.2) is 0 Å². The number of benzene rings is 16. The second-order valence-corrected chi connectivity index (χ2v) is 27.7. The molecule has 106 heavy (non-hydrogen) atoms. The molecule has 0 aliphatic heterocycles. The summed E-state index contributed by atoms with van der Waals surface area (Å²) < 4.78 is 9.35. The predicted octanol–water partition coefficient (Wildman–Crippen LogP) is 25.1. The van der Waals surface area contributed by atoms with Crippen LogP contribution in [0.4, 0.5) is 0 Å². The number of aromatic nitrogens is 8.